The Morgan fingerprint density at radius 3 is 2.20 bits per heavy atom. The molecule has 4 heteroatoms. The summed E-state index contributed by atoms with van der Waals surface area (Å²) >= 11 is 0. The number of benzene rings is 2. The Balaban J connectivity index is 1.99. The molecule has 0 aromatic heterocycles. The number of nitrogens with two attached hydrogens (primary N) is 1. The Morgan fingerprint density at radius 2 is 1.55 bits per heavy atom. The molecule has 106 valence electrons. The van der Waals surface area contributed by atoms with Gasteiger partial charge in [0.25, 0.3) is 0 Å². The minimum absolute atomic E-state index is 0.323. The molecule has 0 aliphatic heterocycles. The van der Waals surface area contributed by atoms with Crippen molar-refractivity contribution in [2.45, 2.75) is 26.2 Å². The summed E-state index contributed by atoms with van der Waals surface area (Å²) < 4.78 is 38.5. The maximum absolute atomic E-state index is 12.8. The molecule has 0 aliphatic rings. The monoisotopic (exact) mass is 280 g/mol. The Bertz CT molecular complexity index is 559. The van der Waals surface area contributed by atoms with Crippen molar-refractivity contribution in [3.63, 3.8) is 0 Å². The van der Waals surface area contributed by atoms with Crippen LogP contribution in [-0.4, -0.2) is 0 Å². The van der Waals surface area contributed by atoms with Crippen molar-refractivity contribution in [3.05, 3.63) is 70.8 Å². The minimum atomic E-state index is -4.28. The van der Waals surface area contributed by atoms with E-state index < -0.39 is 11.7 Å². The van der Waals surface area contributed by atoms with Crippen molar-refractivity contribution in [2.75, 3.05) is 0 Å². The Morgan fingerprint density at radius 1 is 0.900 bits per heavy atom. The predicted octanol–water partition coefficient (Wildman–Crippen LogP) is 3.28. The molecule has 0 atom stereocenters. The SMILES string of the molecule is Cc1ccc(C[NH2+]Cc2ccccc2C(F)(F)F)cc1. The van der Waals surface area contributed by atoms with Crippen LogP contribution in [0.2, 0.25) is 0 Å². The highest BCUT2D eigenvalue weighted by Crippen LogP contribution is 2.31. The third-order valence-electron chi connectivity index (χ3n) is 3.19. The molecule has 0 aliphatic carbocycles. The number of aryl methyl sites for hydroxylation is 1. The van der Waals surface area contributed by atoms with Crippen LogP contribution < -0.4 is 5.32 Å². The van der Waals surface area contributed by atoms with E-state index in [1.807, 2.05) is 36.5 Å². The molecule has 0 saturated carbocycles. The summed E-state index contributed by atoms with van der Waals surface area (Å²) in [6, 6.07) is 13.8. The normalized spacial score (nSPS) is 11.6. The number of hydrogen-bond donors (Lipinski definition) is 1. The van der Waals surface area contributed by atoms with E-state index in [1.165, 1.54) is 17.7 Å². The van der Waals surface area contributed by atoms with E-state index in [4.69, 9.17) is 0 Å². The first-order valence-electron chi connectivity index (χ1n) is 6.49. The van der Waals surface area contributed by atoms with Gasteiger partial charge in [-0.25, -0.2) is 0 Å². The molecular weight excluding hydrogens is 263 g/mol. The molecule has 0 radical (unpaired) electrons. The highest BCUT2D eigenvalue weighted by atomic mass is 19.4. The van der Waals surface area contributed by atoms with Gasteiger partial charge in [0.1, 0.15) is 13.1 Å². The first-order chi connectivity index (χ1) is 9.47. The summed E-state index contributed by atoms with van der Waals surface area (Å²) in [6.07, 6.45) is -4.28. The maximum Gasteiger partial charge on any atom is 0.416 e. The molecule has 2 aromatic rings. The molecule has 0 heterocycles. The van der Waals surface area contributed by atoms with Crippen LogP contribution in [0.4, 0.5) is 13.2 Å². The highest BCUT2D eigenvalue weighted by Gasteiger charge is 2.33. The number of halogens is 3. The standard InChI is InChI=1S/C16H16F3N/c1-12-6-8-13(9-7-12)10-20-11-14-4-2-3-5-15(14)16(17,18)19/h2-9,20H,10-11H2,1H3/p+1. The zero-order valence-corrected chi connectivity index (χ0v) is 11.2. The fourth-order valence-electron chi connectivity index (χ4n) is 2.09. The summed E-state index contributed by atoms with van der Waals surface area (Å²) in [5, 5.41) is 1.88. The lowest BCUT2D eigenvalue weighted by Gasteiger charge is -2.11. The van der Waals surface area contributed by atoms with Crippen molar-refractivity contribution < 1.29 is 18.5 Å². The van der Waals surface area contributed by atoms with Gasteiger partial charge in [-0.15, -0.1) is 0 Å². The number of hydrogen-bond acceptors (Lipinski definition) is 0. The van der Waals surface area contributed by atoms with Crippen LogP contribution in [-0.2, 0) is 19.3 Å². The lowest BCUT2D eigenvalue weighted by molar-refractivity contribution is -0.686. The second-order valence-electron chi connectivity index (χ2n) is 4.84. The van der Waals surface area contributed by atoms with Gasteiger partial charge in [-0.05, 0) is 13.0 Å². The van der Waals surface area contributed by atoms with Gasteiger partial charge in [0.05, 0.1) is 5.56 Å². The summed E-state index contributed by atoms with van der Waals surface area (Å²) in [6.45, 7) is 3.00. The molecule has 0 spiro atoms. The van der Waals surface area contributed by atoms with Crippen LogP contribution in [0.25, 0.3) is 0 Å². The van der Waals surface area contributed by atoms with Crippen LogP contribution in [0, 0.1) is 6.92 Å². The molecule has 0 bridgehead atoms. The first kappa shape index (κ1) is 14.6. The van der Waals surface area contributed by atoms with Gasteiger partial charge in [-0.1, -0.05) is 48.0 Å². The third kappa shape index (κ3) is 3.84. The lowest BCUT2D eigenvalue weighted by Crippen LogP contribution is -2.80. The minimum Gasteiger partial charge on any atom is -0.339 e. The fraction of sp³-hybridized carbons (Fsp3) is 0.250. The number of rotatable bonds is 4. The van der Waals surface area contributed by atoms with E-state index in [9.17, 15) is 13.2 Å². The van der Waals surface area contributed by atoms with Gasteiger partial charge in [0.2, 0.25) is 0 Å². The van der Waals surface area contributed by atoms with Crippen LogP contribution in [0.5, 0.6) is 0 Å². The Kier molecular flexibility index (Phi) is 4.45. The van der Waals surface area contributed by atoms with Crippen LogP contribution in [0.15, 0.2) is 48.5 Å². The van der Waals surface area contributed by atoms with Crippen LogP contribution in [0.1, 0.15) is 22.3 Å². The quantitative estimate of drug-likeness (QED) is 0.885. The average Bonchev–Trinajstić information content (AvgIpc) is 2.40. The predicted molar refractivity (Wildman–Crippen MR) is 72.0 cm³/mol. The van der Waals surface area contributed by atoms with E-state index >= 15 is 0 Å². The zero-order chi connectivity index (χ0) is 14.6. The summed E-state index contributed by atoms with van der Waals surface area (Å²) in [4.78, 5) is 0. The lowest BCUT2D eigenvalue weighted by atomic mass is 10.1. The van der Waals surface area contributed by atoms with E-state index in [-0.39, 0.29) is 0 Å². The van der Waals surface area contributed by atoms with Crippen molar-refractivity contribution >= 4 is 0 Å². The van der Waals surface area contributed by atoms with E-state index in [0.29, 0.717) is 18.7 Å². The zero-order valence-electron chi connectivity index (χ0n) is 11.2. The van der Waals surface area contributed by atoms with Gasteiger partial charge in [0, 0.05) is 11.1 Å². The molecule has 2 rings (SSSR count). The first-order valence-corrected chi connectivity index (χ1v) is 6.49. The number of quaternary nitrogens is 1. The molecule has 0 fully saturated rings. The third-order valence-corrected chi connectivity index (χ3v) is 3.19. The summed E-state index contributed by atoms with van der Waals surface area (Å²) in [5.41, 5.74) is 2.07. The molecule has 2 aromatic carbocycles. The van der Waals surface area contributed by atoms with Crippen molar-refractivity contribution in [1.82, 2.24) is 0 Å². The van der Waals surface area contributed by atoms with Gasteiger partial charge in [-0.2, -0.15) is 13.2 Å². The van der Waals surface area contributed by atoms with Crippen molar-refractivity contribution in [1.29, 1.82) is 0 Å². The summed E-state index contributed by atoms with van der Waals surface area (Å²) in [7, 11) is 0. The highest BCUT2D eigenvalue weighted by molar-refractivity contribution is 5.28. The van der Waals surface area contributed by atoms with E-state index in [0.717, 1.165) is 11.6 Å². The molecule has 2 N–H and O–H groups in total. The average molecular weight is 280 g/mol. The Hall–Kier alpha value is -1.81. The molecule has 20 heavy (non-hydrogen) atoms. The molecule has 0 saturated heterocycles. The van der Waals surface area contributed by atoms with Crippen LogP contribution in [0.3, 0.4) is 0 Å². The van der Waals surface area contributed by atoms with Gasteiger partial charge in [0.15, 0.2) is 0 Å². The maximum atomic E-state index is 12.8. The van der Waals surface area contributed by atoms with E-state index in [2.05, 4.69) is 0 Å². The smallest absolute Gasteiger partial charge is 0.339 e. The second kappa shape index (κ2) is 6.09. The summed E-state index contributed by atoms with van der Waals surface area (Å²) in [5.74, 6) is 0. The van der Waals surface area contributed by atoms with Crippen LogP contribution >= 0.6 is 0 Å². The molecular formula is C16H17F3N+. The van der Waals surface area contributed by atoms with Gasteiger partial charge < -0.3 is 5.32 Å². The number of alkyl halides is 3. The molecule has 0 amide bonds. The fourth-order valence-corrected chi connectivity index (χ4v) is 2.09. The molecule has 1 nitrogen and oxygen atoms in total. The van der Waals surface area contributed by atoms with Crippen molar-refractivity contribution in [3.8, 4) is 0 Å². The largest absolute Gasteiger partial charge is 0.416 e. The Labute approximate surface area is 116 Å². The topological polar surface area (TPSA) is 16.6 Å². The molecule has 0 unspecified atom stereocenters. The second-order valence-corrected chi connectivity index (χ2v) is 4.84. The van der Waals surface area contributed by atoms with Gasteiger partial charge >= 0.3 is 6.18 Å². The van der Waals surface area contributed by atoms with Gasteiger partial charge in [-0.3, -0.25) is 0 Å². The van der Waals surface area contributed by atoms with Crippen molar-refractivity contribution in [2.24, 2.45) is 0 Å². The van der Waals surface area contributed by atoms with E-state index in [1.54, 1.807) is 6.07 Å².